The van der Waals surface area contributed by atoms with Crippen LogP contribution in [0.3, 0.4) is 0 Å². The third kappa shape index (κ3) is 5.19. The number of nitrogens with zero attached hydrogens (tertiary/aromatic N) is 2. The first kappa shape index (κ1) is 16.1. The average molecular weight is 357 g/mol. The van der Waals surface area contributed by atoms with Crippen LogP contribution in [0.5, 0.6) is 5.88 Å². The minimum atomic E-state index is -0.432. The summed E-state index contributed by atoms with van der Waals surface area (Å²) in [6, 6.07) is 3.73. The van der Waals surface area contributed by atoms with Crippen LogP contribution in [-0.4, -0.2) is 41.3 Å². The van der Waals surface area contributed by atoms with E-state index < -0.39 is 5.60 Å². The number of likely N-dealkylation sites (tertiary alicyclic amines) is 1. The van der Waals surface area contributed by atoms with Gasteiger partial charge in [-0.05, 0) is 55.1 Å². The van der Waals surface area contributed by atoms with Crippen LogP contribution in [0.15, 0.2) is 22.8 Å². The van der Waals surface area contributed by atoms with E-state index >= 15 is 0 Å². The van der Waals surface area contributed by atoms with Gasteiger partial charge in [-0.2, -0.15) is 0 Å². The van der Waals surface area contributed by atoms with Crippen molar-refractivity contribution in [1.82, 2.24) is 9.88 Å². The lowest BCUT2D eigenvalue weighted by Gasteiger charge is -2.39. The largest absolute Gasteiger partial charge is 0.478 e. The quantitative estimate of drug-likeness (QED) is 0.828. The van der Waals surface area contributed by atoms with Crippen molar-refractivity contribution in [3.8, 4) is 5.88 Å². The van der Waals surface area contributed by atoms with Gasteiger partial charge < -0.3 is 14.4 Å². The number of hydrogen-bond donors (Lipinski definition) is 0. The topological polar surface area (TPSA) is 51.7 Å². The molecule has 0 unspecified atom stereocenters. The molecule has 0 aliphatic carbocycles. The van der Waals surface area contributed by atoms with Gasteiger partial charge in [0, 0.05) is 29.8 Å². The minimum absolute atomic E-state index is 0.228. The van der Waals surface area contributed by atoms with E-state index in [1.165, 1.54) is 0 Å². The molecule has 6 heteroatoms. The van der Waals surface area contributed by atoms with Crippen molar-refractivity contribution in [2.45, 2.75) is 32.8 Å². The molecule has 1 aliphatic rings. The van der Waals surface area contributed by atoms with Crippen LogP contribution < -0.4 is 4.74 Å². The fourth-order valence-corrected chi connectivity index (χ4v) is 2.24. The summed E-state index contributed by atoms with van der Waals surface area (Å²) >= 11 is 3.33. The Hall–Kier alpha value is -1.30. The maximum atomic E-state index is 11.8. The summed E-state index contributed by atoms with van der Waals surface area (Å²) in [6.45, 7) is 7.73. The number of pyridine rings is 1. The summed E-state index contributed by atoms with van der Waals surface area (Å²) in [6.07, 6.45) is 2.40. The Morgan fingerprint density at radius 3 is 2.71 bits per heavy atom. The molecule has 116 valence electrons. The van der Waals surface area contributed by atoms with Gasteiger partial charge in [0.2, 0.25) is 5.88 Å². The normalized spacial score (nSPS) is 15.5. The maximum absolute atomic E-state index is 11.8. The first-order chi connectivity index (χ1) is 9.83. The zero-order valence-electron chi connectivity index (χ0n) is 12.6. The minimum Gasteiger partial charge on any atom is -0.478 e. The number of aromatic nitrogens is 1. The van der Waals surface area contributed by atoms with Crippen molar-refractivity contribution in [3.63, 3.8) is 0 Å². The summed E-state index contributed by atoms with van der Waals surface area (Å²) < 4.78 is 11.8. The number of carbonyl (C=O) groups excluding carboxylic acids is 1. The number of rotatable bonds is 4. The molecule has 0 spiro atoms. The zero-order chi connectivity index (χ0) is 15.5. The summed E-state index contributed by atoms with van der Waals surface area (Å²) in [7, 11) is 0. The lowest BCUT2D eigenvalue weighted by atomic mass is 9.97. The number of amides is 1. The Balaban J connectivity index is 1.62. The third-order valence-corrected chi connectivity index (χ3v) is 3.55. The molecule has 0 atom stereocenters. The van der Waals surface area contributed by atoms with Crippen molar-refractivity contribution in [3.05, 3.63) is 22.8 Å². The van der Waals surface area contributed by atoms with Gasteiger partial charge in [0.15, 0.2) is 0 Å². The van der Waals surface area contributed by atoms with Gasteiger partial charge in [-0.25, -0.2) is 9.78 Å². The van der Waals surface area contributed by atoms with Gasteiger partial charge in [0.25, 0.3) is 0 Å². The van der Waals surface area contributed by atoms with Crippen LogP contribution in [0, 0.1) is 5.92 Å². The molecular weight excluding hydrogens is 336 g/mol. The second kappa shape index (κ2) is 6.64. The second-order valence-electron chi connectivity index (χ2n) is 6.20. The van der Waals surface area contributed by atoms with Crippen LogP contribution >= 0.6 is 15.9 Å². The molecule has 0 N–H and O–H groups in total. The monoisotopic (exact) mass is 356 g/mol. The number of carbonyl (C=O) groups is 1. The lowest BCUT2D eigenvalue weighted by Crippen LogP contribution is -2.51. The standard InChI is InChI=1S/C15H21BrN2O3/c1-15(2,3)21-14(19)18-9-11(10-18)6-7-20-13-5-4-12(16)8-17-13/h4-5,8,11H,6-7,9-10H2,1-3H3. The molecule has 21 heavy (non-hydrogen) atoms. The van der Waals surface area contributed by atoms with E-state index in [1.54, 1.807) is 11.1 Å². The van der Waals surface area contributed by atoms with Gasteiger partial charge in [-0.3, -0.25) is 0 Å². The van der Waals surface area contributed by atoms with Crippen LogP contribution in [0.4, 0.5) is 4.79 Å². The second-order valence-corrected chi connectivity index (χ2v) is 7.12. The summed E-state index contributed by atoms with van der Waals surface area (Å²) in [5, 5.41) is 0. The van der Waals surface area contributed by atoms with Gasteiger partial charge in [0.1, 0.15) is 5.60 Å². The van der Waals surface area contributed by atoms with Crippen molar-refractivity contribution < 1.29 is 14.3 Å². The predicted molar refractivity (Wildman–Crippen MR) is 83.3 cm³/mol. The molecule has 0 radical (unpaired) electrons. The maximum Gasteiger partial charge on any atom is 0.410 e. The predicted octanol–water partition coefficient (Wildman–Crippen LogP) is 3.48. The van der Waals surface area contributed by atoms with E-state index in [2.05, 4.69) is 20.9 Å². The molecule has 1 aromatic rings. The summed E-state index contributed by atoms with van der Waals surface area (Å²) in [5.74, 6) is 1.11. The van der Waals surface area contributed by atoms with Gasteiger partial charge in [-0.1, -0.05) is 0 Å². The van der Waals surface area contributed by atoms with Gasteiger partial charge in [0.05, 0.1) is 6.61 Å². The van der Waals surface area contributed by atoms with Crippen LogP contribution in [-0.2, 0) is 4.74 Å². The third-order valence-electron chi connectivity index (χ3n) is 3.09. The van der Waals surface area contributed by atoms with E-state index in [0.29, 0.717) is 18.4 Å². The van der Waals surface area contributed by atoms with Crippen molar-refractivity contribution >= 4 is 22.0 Å². The smallest absolute Gasteiger partial charge is 0.410 e. The molecule has 2 rings (SSSR count). The Kier molecular flexibility index (Phi) is 5.08. The molecule has 1 saturated heterocycles. The van der Waals surface area contributed by atoms with E-state index in [0.717, 1.165) is 24.0 Å². The average Bonchev–Trinajstić information content (AvgIpc) is 2.32. The fourth-order valence-electron chi connectivity index (χ4n) is 2.01. The molecule has 1 aliphatic heterocycles. The Morgan fingerprint density at radius 2 is 2.14 bits per heavy atom. The molecular formula is C15H21BrN2O3. The molecule has 1 amide bonds. The summed E-state index contributed by atoms with van der Waals surface area (Å²) in [4.78, 5) is 17.7. The highest BCUT2D eigenvalue weighted by Crippen LogP contribution is 2.22. The molecule has 0 bridgehead atoms. The highest BCUT2D eigenvalue weighted by molar-refractivity contribution is 9.10. The molecule has 1 fully saturated rings. The molecule has 5 nitrogen and oxygen atoms in total. The van der Waals surface area contributed by atoms with E-state index in [9.17, 15) is 4.79 Å². The van der Waals surface area contributed by atoms with E-state index in [-0.39, 0.29) is 6.09 Å². The van der Waals surface area contributed by atoms with Crippen LogP contribution in [0.1, 0.15) is 27.2 Å². The molecule has 0 aromatic carbocycles. The van der Waals surface area contributed by atoms with Crippen LogP contribution in [0.2, 0.25) is 0 Å². The number of ether oxygens (including phenoxy) is 2. The van der Waals surface area contributed by atoms with Gasteiger partial charge in [-0.15, -0.1) is 0 Å². The number of hydrogen-bond acceptors (Lipinski definition) is 4. The zero-order valence-corrected chi connectivity index (χ0v) is 14.2. The highest BCUT2D eigenvalue weighted by atomic mass is 79.9. The van der Waals surface area contributed by atoms with Gasteiger partial charge >= 0.3 is 6.09 Å². The number of halogens is 1. The SMILES string of the molecule is CC(C)(C)OC(=O)N1CC(CCOc2ccc(Br)cn2)C1. The molecule has 0 saturated carbocycles. The first-order valence-electron chi connectivity index (χ1n) is 7.06. The lowest BCUT2D eigenvalue weighted by molar-refractivity contribution is -0.00390. The van der Waals surface area contributed by atoms with Crippen molar-refractivity contribution in [2.75, 3.05) is 19.7 Å². The van der Waals surface area contributed by atoms with Crippen LogP contribution in [0.25, 0.3) is 0 Å². The Morgan fingerprint density at radius 1 is 1.43 bits per heavy atom. The Bertz CT molecular complexity index is 479. The summed E-state index contributed by atoms with van der Waals surface area (Å²) in [5.41, 5.74) is -0.432. The molecule has 2 heterocycles. The molecule has 1 aromatic heterocycles. The van der Waals surface area contributed by atoms with Crippen molar-refractivity contribution in [2.24, 2.45) is 5.92 Å². The Labute approximate surface area is 133 Å². The van der Waals surface area contributed by atoms with E-state index in [1.807, 2.05) is 32.9 Å². The first-order valence-corrected chi connectivity index (χ1v) is 7.85. The highest BCUT2D eigenvalue weighted by Gasteiger charge is 2.33. The fraction of sp³-hybridized carbons (Fsp3) is 0.600. The van der Waals surface area contributed by atoms with E-state index in [4.69, 9.17) is 9.47 Å². The van der Waals surface area contributed by atoms with Crippen molar-refractivity contribution in [1.29, 1.82) is 0 Å².